The van der Waals surface area contributed by atoms with Crippen LogP contribution in [0.4, 0.5) is 4.39 Å². The van der Waals surface area contributed by atoms with Crippen LogP contribution in [0.3, 0.4) is 0 Å². The van der Waals surface area contributed by atoms with E-state index in [1.54, 1.807) is 18.3 Å². The smallest absolute Gasteiger partial charge is 0.241 e. The lowest BCUT2D eigenvalue weighted by molar-refractivity contribution is 0.459. The molecule has 0 bridgehead atoms. The van der Waals surface area contributed by atoms with E-state index >= 15 is 0 Å². The zero-order valence-electron chi connectivity index (χ0n) is 15.8. The van der Waals surface area contributed by atoms with Crippen LogP contribution in [0, 0.1) is 12.7 Å². The second-order valence-electron chi connectivity index (χ2n) is 6.73. The van der Waals surface area contributed by atoms with E-state index in [2.05, 4.69) is 15.2 Å². The Hall–Kier alpha value is -3.56. The molecule has 0 aliphatic rings. The van der Waals surface area contributed by atoms with Gasteiger partial charge >= 0.3 is 0 Å². The zero-order chi connectivity index (χ0) is 21.5. The second-order valence-corrected chi connectivity index (χ2v) is 8.26. The van der Waals surface area contributed by atoms with Gasteiger partial charge in [0, 0.05) is 23.0 Å². The van der Waals surface area contributed by atoms with Gasteiger partial charge in [0.05, 0.1) is 5.69 Å². The Kier molecular flexibility index (Phi) is 4.84. The Morgan fingerprint density at radius 1 is 1.03 bits per heavy atom. The number of pyridine rings is 1. The number of hydrogen-bond donors (Lipinski definition) is 3. The van der Waals surface area contributed by atoms with Gasteiger partial charge in [0.1, 0.15) is 22.2 Å². The molecule has 4 aromatic rings. The average molecular weight is 424 g/mol. The van der Waals surface area contributed by atoms with E-state index in [1.165, 1.54) is 18.2 Å². The number of aromatic nitrogens is 3. The summed E-state index contributed by atoms with van der Waals surface area (Å²) in [5.74, 6) is -1.05. The molecule has 0 spiro atoms. The number of rotatable bonds is 4. The molecule has 0 aliphatic carbocycles. The predicted molar refractivity (Wildman–Crippen MR) is 110 cm³/mol. The van der Waals surface area contributed by atoms with Crippen LogP contribution >= 0.6 is 0 Å². The van der Waals surface area contributed by atoms with Gasteiger partial charge < -0.3 is 5.11 Å². The summed E-state index contributed by atoms with van der Waals surface area (Å²) in [6.07, 6.45) is 1.68. The quantitative estimate of drug-likeness (QED) is 0.462. The molecule has 2 aromatic carbocycles. The van der Waals surface area contributed by atoms with Gasteiger partial charge in [-0.25, -0.2) is 17.9 Å². The molecule has 0 unspecified atom stereocenters. The van der Waals surface area contributed by atoms with Crippen LogP contribution in [0.1, 0.15) is 5.69 Å². The summed E-state index contributed by atoms with van der Waals surface area (Å²) in [4.78, 5) is 4.01. The first kappa shape index (κ1) is 19.7. The highest BCUT2D eigenvalue weighted by Gasteiger charge is 2.18. The molecule has 2 heterocycles. The van der Waals surface area contributed by atoms with Crippen LogP contribution in [0.15, 0.2) is 65.7 Å². The number of phenolic OH excluding ortho intramolecular Hbond substituents is 1. The highest BCUT2D eigenvalue weighted by atomic mass is 32.2. The van der Waals surface area contributed by atoms with Crippen LogP contribution in [0.25, 0.3) is 33.6 Å². The van der Waals surface area contributed by atoms with Gasteiger partial charge in [-0.05, 0) is 54.4 Å². The van der Waals surface area contributed by atoms with Gasteiger partial charge in [-0.15, -0.1) is 0 Å². The molecule has 0 saturated heterocycles. The Morgan fingerprint density at radius 3 is 2.50 bits per heavy atom. The van der Waals surface area contributed by atoms with Crippen molar-refractivity contribution < 1.29 is 17.9 Å². The molecule has 0 radical (unpaired) electrons. The molecule has 9 heteroatoms. The van der Waals surface area contributed by atoms with Crippen molar-refractivity contribution in [2.75, 3.05) is 0 Å². The summed E-state index contributed by atoms with van der Waals surface area (Å²) >= 11 is 0. The minimum atomic E-state index is -4.17. The normalized spacial score (nSPS) is 11.6. The molecule has 7 nitrogen and oxygen atoms in total. The van der Waals surface area contributed by atoms with Crippen molar-refractivity contribution in [2.45, 2.75) is 11.8 Å². The lowest BCUT2D eigenvalue weighted by Gasteiger charge is -2.10. The third-order valence-corrected chi connectivity index (χ3v) is 5.57. The monoisotopic (exact) mass is 424 g/mol. The zero-order valence-corrected chi connectivity index (χ0v) is 16.6. The van der Waals surface area contributed by atoms with Crippen LogP contribution in [0.2, 0.25) is 0 Å². The van der Waals surface area contributed by atoms with E-state index in [0.29, 0.717) is 22.5 Å². The first-order valence-electron chi connectivity index (χ1n) is 8.88. The number of nitrogens with two attached hydrogens (primary N) is 1. The van der Waals surface area contributed by atoms with Crippen molar-refractivity contribution in [3.63, 3.8) is 0 Å². The maximum Gasteiger partial charge on any atom is 0.241 e. The van der Waals surface area contributed by atoms with E-state index in [9.17, 15) is 17.9 Å². The van der Waals surface area contributed by atoms with Crippen molar-refractivity contribution in [1.82, 2.24) is 15.2 Å². The first-order chi connectivity index (χ1) is 14.2. The molecule has 0 atom stereocenters. The number of aryl methyl sites for hydroxylation is 1. The van der Waals surface area contributed by atoms with Gasteiger partial charge in [0.15, 0.2) is 0 Å². The Balaban J connectivity index is 1.85. The van der Waals surface area contributed by atoms with Crippen molar-refractivity contribution in [1.29, 1.82) is 0 Å². The van der Waals surface area contributed by atoms with Crippen LogP contribution < -0.4 is 5.14 Å². The largest absolute Gasteiger partial charge is 0.507 e. The van der Waals surface area contributed by atoms with Crippen molar-refractivity contribution in [3.05, 3.63) is 72.3 Å². The van der Waals surface area contributed by atoms with Crippen LogP contribution in [-0.4, -0.2) is 28.7 Å². The van der Waals surface area contributed by atoms with Crippen LogP contribution in [0.5, 0.6) is 5.75 Å². The molecular formula is C21H17FN4O3S. The van der Waals surface area contributed by atoms with Gasteiger partial charge in [-0.3, -0.25) is 10.1 Å². The number of nitrogens with zero attached hydrogens (tertiary/aromatic N) is 2. The fourth-order valence-corrected chi connectivity index (χ4v) is 3.85. The number of halogens is 1. The maximum atomic E-state index is 14.6. The minimum absolute atomic E-state index is 0.154. The number of phenols is 1. The summed E-state index contributed by atoms with van der Waals surface area (Å²) < 4.78 is 38.0. The number of hydrogen-bond acceptors (Lipinski definition) is 5. The number of sulfonamides is 1. The molecule has 4 N–H and O–H groups in total. The fourth-order valence-electron chi connectivity index (χ4n) is 3.20. The molecular weight excluding hydrogens is 407 g/mol. The molecule has 4 rings (SSSR count). The highest BCUT2D eigenvalue weighted by Crippen LogP contribution is 2.35. The second kappa shape index (κ2) is 7.36. The van der Waals surface area contributed by atoms with E-state index in [0.717, 1.165) is 11.8 Å². The number of aromatic amines is 1. The number of nitrogens with one attached hydrogen (secondary N) is 1. The lowest BCUT2D eigenvalue weighted by Crippen LogP contribution is -2.12. The molecule has 30 heavy (non-hydrogen) atoms. The van der Waals surface area contributed by atoms with E-state index in [-0.39, 0.29) is 11.1 Å². The SMILES string of the molecule is Cc1cccc(-c2n[nH]cc2-c2ccc(F)c(-c3ccc(O)c(S(N)(=O)=O)c3)c2)n1. The number of primary sulfonamides is 1. The topological polar surface area (TPSA) is 122 Å². The van der Waals surface area contributed by atoms with Crippen LogP contribution in [-0.2, 0) is 10.0 Å². The lowest BCUT2D eigenvalue weighted by atomic mass is 9.98. The minimum Gasteiger partial charge on any atom is -0.507 e. The van der Waals surface area contributed by atoms with Gasteiger partial charge in [0.2, 0.25) is 10.0 Å². The van der Waals surface area contributed by atoms with E-state index in [4.69, 9.17) is 5.14 Å². The molecule has 0 fully saturated rings. The Bertz CT molecular complexity index is 1370. The number of H-pyrrole nitrogens is 1. The van der Waals surface area contributed by atoms with Crippen molar-refractivity contribution >= 4 is 10.0 Å². The first-order valence-corrected chi connectivity index (χ1v) is 10.4. The number of benzene rings is 2. The van der Waals surface area contributed by atoms with Crippen molar-refractivity contribution in [2.24, 2.45) is 5.14 Å². The predicted octanol–water partition coefficient (Wildman–Crippen LogP) is 3.61. The summed E-state index contributed by atoms with van der Waals surface area (Å²) in [5.41, 5.74) is 3.88. The number of aromatic hydroxyl groups is 1. The van der Waals surface area contributed by atoms with Crippen molar-refractivity contribution in [3.8, 4) is 39.4 Å². The van der Waals surface area contributed by atoms with E-state index < -0.39 is 26.5 Å². The third kappa shape index (κ3) is 3.68. The maximum absolute atomic E-state index is 14.6. The molecule has 0 saturated carbocycles. The van der Waals surface area contributed by atoms with E-state index in [1.807, 2.05) is 25.1 Å². The Morgan fingerprint density at radius 2 is 1.77 bits per heavy atom. The highest BCUT2D eigenvalue weighted by molar-refractivity contribution is 7.89. The summed E-state index contributed by atoms with van der Waals surface area (Å²) in [6.45, 7) is 1.87. The Labute approximate surface area is 172 Å². The molecule has 152 valence electrons. The van der Waals surface area contributed by atoms with Gasteiger partial charge in [-0.1, -0.05) is 18.2 Å². The standard InChI is InChI=1S/C21H17FN4O3S/c1-12-3-2-4-18(25-12)21-16(11-24-26-21)13-5-7-17(22)15(9-13)14-6-8-19(27)20(10-14)30(23,28)29/h2-11,27H,1H3,(H,24,26)(H2,23,28,29). The average Bonchev–Trinajstić information content (AvgIpc) is 3.18. The molecule has 0 amide bonds. The van der Waals surface area contributed by atoms with Gasteiger partial charge in [-0.2, -0.15) is 5.10 Å². The molecule has 0 aliphatic heterocycles. The summed E-state index contributed by atoms with van der Waals surface area (Å²) in [5, 5.41) is 22.0. The fraction of sp³-hybridized carbons (Fsp3) is 0.0476. The molecule has 2 aromatic heterocycles. The summed E-state index contributed by atoms with van der Waals surface area (Å²) in [6, 6.07) is 13.8. The summed E-state index contributed by atoms with van der Waals surface area (Å²) in [7, 11) is -4.17. The third-order valence-electron chi connectivity index (χ3n) is 4.63. The van der Waals surface area contributed by atoms with Gasteiger partial charge in [0.25, 0.3) is 0 Å².